The quantitative estimate of drug-likeness (QED) is 0.712. The molecule has 1 amide bonds. The Hall–Kier alpha value is -3.09. The van der Waals surface area contributed by atoms with E-state index in [1.54, 1.807) is 12.4 Å². The van der Waals surface area contributed by atoms with Gasteiger partial charge in [0.15, 0.2) is 11.5 Å². The van der Waals surface area contributed by atoms with E-state index < -0.39 is 17.2 Å². The molecule has 0 spiro atoms. The third-order valence-corrected chi connectivity index (χ3v) is 6.91. The molecule has 1 aromatic carbocycles. The van der Waals surface area contributed by atoms with E-state index in [-0.39, 0.29) is 11.6 Å². The van der Waals surface area contributed by atoms with Crippen molar-refractivity contribution in [2.24, 2.45) is 5.92 Å². The van der Waals surface area contributed by atoms with E-state index in [1.807, 2.05) is 12.1 Å². The molecule has 3 aliphatic rings. The van der Waals surface area contributed by atoms with Crippen LogP contribution < -0.4 is 5.32 Å². The third kappa shape index (κ3) is 2.54. The van der Waals surface area contributed by atoms with E-state index in [4.69, 9.17) is 0 Å². The number of benzene rings is 1. The maximum Gasteiger partial charge on any atom is 0.272 e. The fourth-order valence-electron chi connectivity index (χ4n) is 5.10. The van der Waals surface area contributed by atoms with Gasteiger partial charge in [-0.25, -0.2) is 13.5 Å². The number of fused-ring (bicyclic) bond motifs is 3. The molecule has 1 N–H and O–H groups in total. The lowest BCUT2D eigenvalue weighted by atomic mass is 9.72. The second-order valence-corrected chi connectivity index (χ2v) is 8.65. The number of halogens is 2. The predicted octanol–water partition coefficient (Wildman–Crippen LogP) is 4.01. The molecule has 0 radical (unpaired) electrons. The number of rotatable bonds is 4. The molecule has 5 nitrogen and oxygen atoms in total. The summed E-state index contributed by atoms with van der Waals surface area (Å²) in [4.78, 5) is 17.4. The zero-order valence-electron chi connectivity index (χ0n) is 16.2. The van der Waals surface area contributed by atoms with E-state index in [2.05, 4.69) is 15.4 Å². The summed E-state index contributed by atoms with van der Waals surface area (Å²) in [6.45, 7) is 0. The molecule has 152 valence electrons. The van der Waals surface area contributed by atoms with Crippen molar-refractivity contribution in [1.82, 2.24) is 20.1 Å². The highest BCUT2D eigenvalue weighted by atomic mass is 19.1. The lowest BCUT2D eigenvalue weighted by molar-refractivity contribution is 0.0816. The number of carbonyl (C=O) groups is 1. The summed E-state index contributed by atoms with van der Waals surface area (Å²) in [6, 6.07) is 7.34. The first-order valence-corrected chi connectivity index (χ1v) is 10.4. The van der Waals surface area contributed by atoms with Gasteiger partial charge in [-0.1, -0.05) is 0 Å². The van der Waals surface area contributed by atoms with Crippen LogP contribution in [0, 0.1) is 17.6 Å². The van der Waals surface area contributed by atoms with Gasteiger partial charge in [-0.15, -0.1) is 0 Å². The lowest BCUT2D eigenvalue weighted by Crippen LogP contribution is -2.51. The van der Waals surface area contributed by atoms with Gasteiger partial charge in [0.05, 0.1) is 11.2 Å². The molecule has 30 heavy (non-hydrogen) atoms. The minimum Gasteiger partial charge on any atom is -0.341 e. The highest BCUT2D eigenvalue weighted by Crippen LogP contribution is 2.57. The van der Waals surface area contributed by atoms with Crippen LogP contribution in [0.15, 0.2) is 42.7 Å². The van der Waals surface area contributed by atoms with Gasteiger partial charge in [-0.2, -0.15) is 5.10 Å². The molecule has 7 heteroatoms. The first-order valence-electron chi connectivity index (χ1n) is 10.4. The number of nitrogens with one attached hydrogen (secondary N) is 1. The van der Waals surface area contributed by atoms with Crippen molar-refractivity contribution in [1.29, 1.82) is 0 Å². The number of carbonyl (C=O) groups excluding carboxylic acids is 1. The highest BCUT2D eigenvalue weighted by molar-refractivity contribution is 5.95. The van der Waals surface area contributed by atoms with Crippen LogP contribution in [0.5, 0.6) is 0 Å². The van der Waals surface area contributed by atoms with Gasteiger partial charge < -0.3 is 5.32 Å². The van der Waals surface area contributed by atoms with Crippen molar-refractivity contribution in [2.75, 3.05) is 0 Å². The molecule has 0 saturated heterocycles. The second kappa shape index (κ2) is 6.20. The summed E-state index contributed by atoms with van der Waals surface area (Å²) in [7, 11) is 0. The van der Waals surface area contributed by atoms with E-state index in [9.17, 15) is 13.6 Å². The summed E-state index contributed by atoms with van der Waals surface area (Å²) in [5.74, 6) is -0.742. The number of aromatic nitrogens is 3. The van der Waals surface area contributed by atoms with Crippen molar-refractivity contribution in [2.45, 2.75) is 43.6 Å². The minimum absolute atomic E-state index is 0.187. The van der Waals surface area contributed by atoms with Crippen molar-refractivity contribution in [3.8, 4) is 5.69 Å². The summed E-state index contributed by atoms with van der Waals surface area (Å²) in [5, 5.41) is 7.75. The zero-order chi connectivity index (χ0) is 20.5. The van der Waals surface area contributed by atoms with Gasteiger partial charge in [0, 0.05) is 29.9 Å². The van der Waals surface area contributed by atoms with Crippen LogP contribution in [0.25, 0.3) is 5.69 Å². The summed E-state index contributed by atoms with van der Waals surface area (Å²) < 4.78 is 29.4. The van der Waals surface area contributed by atoms with Crippen molar-refractivity contribution in [3.05, 3.63) is 76.9 Å². The minimum atomic E-state index is -0.677. The Kier molecular flexibility index (Phi) is 3.67. The van der Waals surface area contributed by atoms with Gasteiger partial charge in [-0.05, 0) is 67.9 Å². The number of hydrogen-bond acceptors (Lipinski definition) is 3. The monoisotopic (exact) mass is 406 g/mol. The third-order valence-electron chi connectivity index (χ3n) is 6.91. The predicted molar refractivity (Wildman–Crippen MR) is 105 cm³/mol. The van der Waals surface area contributed by atoms with Crippen LogP contribution in [0.4, 0.5) is 8.78 Å². The molecule has 3 aliphatic carbocycles. The Morgan fingerprint density at radius 3 is 2.67 bits per heavy atom. The van der Waals surface area contributed by atoms with Crippen molar-refractivity contribution in [3.63, 3.8) is 0 Å². The van der Waals surface area contributed by atoms with E-state index >= 15 is 0 Å². The highest BCUT2D eigenvalue weighted by Gasteiger charge is 2.51. The van der Waals surface area contributed by atoms with Gasteiger partial charge in [0.2, 0.25) is 0 Å². The zero-order valence-corrected chi connectivity index (χ0v) is 16.2. The number of pyridine rings is 1. The lowest BCUT2D eigenvalue weighted by Gasteiger charge is -2.42. The Morgan fingerprint density at radius 1 is 1.17 bits per heavy atom. The van der Waals surface area contributed by atoms with Crippen LogP contribution >= 0.6 is 0 Å². The number of hydrogen-bond donors (Lipinski definition) is 1. The summed E-state index contributed by atoms with van der Waals surface area (Å²) >= 11 is 0. The van der Waals surface area contributed by atoms with E-state index in [0.29, 0.717) is 17.5 Å². The Morgan fingerprint density at radius 2 is 1.97 bits per heavy atom. The van der Waals surface area contributed by atoms with Gasteiger partial charge in [0.1, 0.15) is 11.5 Å². The Bertz CT molecular complexity index is 1170. The van der Waals surface area contributed by atoms with E-state index in [0.717, 1.165) is 55.0 Å². The first-order chi connectivity index (χ1) is 14.6. The molecule has 2 heterocycles. The molecular formula is C23H20F2N4O. The topological polar surface area (TPSA) is 59.8 Å². The molecule has 6 rings (SSSR count). The largest absolute Gasteiger partial charge is 0.341 e. The standard InChI is InChI=1S/C23H20F2N4O/c24-15-2-3-19(18(25)12-15)29-21-16-10-13(16)11-17(21)20(28-29)22(30)27-23(6-1-7-23)14-4-8-26-9-5-14/h2-5,8-9,12-13,16H,1,6-7,10-11H2,(H,27,30)/t13-,16-/m1/s1. The maximum absolute atomic E-state index is 14.5. The molecular weight excluding hydrogens is 386 g/mol. The Labute approximate surface area is 172 Å². The SMILES string of the molecule is O=C(NC1(c2ccncc2)CCC1)c1nn(-c2ccc(F)cc2F)c2c1C[C@H]1C[C@@H]21. The van der Waals surface area contributed by atoms with Gasteiger partial charge >= 0.3 is 0 Å². The molecule has 0 aliphatic heterocycles. The molecule has 2 saturated carbocycles. The molecule has 3 aromatic rings. The van der Waals surface area contributed by atoms with Crippen LogP contribution in [0.1, 0.15) is 58.9 Å². The second-order valence-electron chi connectivity index (χ2n) is 8.65. The van der Waals surface area contributed by atoms with Crippen molar-refractivity contribution < 1.29 is 13.6 Å². The van der Waals surface area contributed by atoms with Crippen LogP contribution in [-0.4, -0.2) is 20.7 Å². The molecule has 0 bridgehead atoms. The fourth-order valence-corrected chi connectivity index (χ4v) is 5.10. The average molecular weight is 406 g/mol. The first kappa shape index (κ1) is 17.7. The van der Waals surface area contributed by atoms with Crippen LogP contribution in [0.2, 0.25) is 0 Å². The van der Waals surface area contributed by atoms with Crippen molar-refractivity contribution >= 4 is 5.91 Å². The maximum atomic E-state index is 14.5. The van der Waals surface area contributed by atoms with Gasteiger partial charge in [0.25, 0.3) is 5.91 Å². The molecule has 2 atom stereocenters. The molecule has 0 unspecified atom stereocenters. The molecule has 2 aromatic heterocycles. The summed E-state index contributed by atoms with van der Waals surface area (Å²) in [6.07, 6.45) is 8.06. The number of amides is 1. The van der Waals surface area contributed by atoms with Crippen LogP contribution in [-0.2, 0) is 12.0 Å². The van der Waals surface area contributed by atoms with E-state index in [1.165, 1.54) is 16.8 Å². The fraction of sp³-hybridized carbons (Fsp3) is 0.348. The average Bonchev–Trinajstić information content (AvgIpc) is 3.21. The van der Waals surface area contributed by atoms with Gasteiger partial charge in [-0.3, -0.25) is 9.78 Å². The smallest absolute Gasteiger partial charge is 0.272 e. The Balaban J connectivity index is 1.39. The number of nitrogens with zero attached hydrogens (tertiary/aromatic N) is 3. The summed E-state index contributed by atoms with van der Waals surface area (Å²) in [5.41, 5.74) is 3.00. The van der Waals surface area contributed by atoms with Crippen LogP contribution in [0.3, 0.4) is 0 Å². The normalized spacial score (nSPS) is 22.7. The molecule has 2 fully saturated rings.